The average Bonchev–Trinajstić information content (AvgIpc) is 3.28. The Balaban J connectivity index is 1.37. The Kier molecular flexibility index (Phi) is 3.73. The van der Waals surface area contributed by atoms with Crippen LogP contribution in [0.15, 0.2) is 36.2 Å². The lowest BCUT2D eigenvalue weighted by molar-refractivity contribution is -0.131. The number of hydrazine groups is 2. The van der Waals surface area contributed by atoms with Crippen molar-refractivity contribution >= 4 is 5.91 Å². The molecule has 132 valence electrons. The summed E-state index contributed by atoms with van der Waals surface area (Å²) in [5, 5.41) is 5.40. The Morgan fingerprint density at radius 2 is 2.16 bits per heavy atom. The molecule has 4 N–H and O–H groups in total. The molecule has 1 saturated carbocycles. The van der Waals surface area contributed by atoms with Gasteiger partial charge in [-0.15, -0.1) is 0 Å². The van der Waals surface area contributed by atoms with Gasteiger partial charge in [0.15, 0.2) is 0 Å². The normalized spacial score (nSPS) is 37.3. The first-order valence-electron chi connectivity index (χ1n) is 9.24. The number of hydrogen-bond acceptors (Lipinski definition) is 6. The summed E-state index contributed by atoms with van der Waals surface area (Å²) in [6.45, 7) is 1.75. The van der Waals surface area contributed by atoms with Gasteiger partial charge < -0.3 is 5.32 Å². The van der Waals surface area contributed by atoms with E-state index in [1.807, 2.05) is 24.4 Å². The molecule has 1 aromatic rings. The van der Waals surface area contributed by atoms with Gasteiger partial charge in [0, 0.05) is 42.8 Å². The highest BCUT2D eigenvalue weighted by atomic mass is 16.2. The first-order valence-corrected chi connectivity index (χ1v) is 9.24. The van der Waals surface area contributed by atoms with Crippen LogP contribution in [-0.4, -0.2) is 41.2 Å². The largest absolute Gasteiger partial charge is 0.366 e. The van der Waals surface area contributed by atoms with E-state index in [-0.39, 0.29) is 18.0 Å². The van der Waals surface area contributed by atoms with Crippen LogP contribution in [0.1, 0.15) is 30.9 Å². The van der Waals surface area contributed by atoms with E-state index in [2.05, 4.69) is 26.6 Å². The number of nitrogens with zero attached hydrogens (tertiary/aromatic N) is 2. The van der Waals surface area contributed by atoms with Crippen LogP contribution in [0.4, 0.5) is 0 Å². The molecule has 0 radical (unpaired) electrons. The van der Waals surface area contributed by atoms with E-state index in [4.69, 9.17) is 0 Å². The summed E-state index contributed by atoms with van der Waals surface area (Å²) in [6.07, 6.45) is 6.97. The SMILES string of the molecule is O=C1C=C(C2CCC3NNCC3C2)NC2C(c3ccccn3)CNN12. The van der Waals surface area contributed by atoms with Crippen molar-refractivity contribution in [3.8, 4) is 0 Å². The molecule has 5 atom stereocenters. The number of nitrogens with one attached hydrogen (secondary N) is 4. The van der Waals surface area contributed by atoms with Gasteiger partial charge in [0.05, 0.1) is 5.92 Å². The first-order chi connectivity index (χ1) is 12.3. The smallest absolute Gasteiger partial charge is 0.264 e. The Morgan fingerprint density at radius 3 is 3.04 bits per heavy atom. The molecule has 5 rings (SSSR count). The fourth-order valence-corrected chi connectivity index (χ4v) is 4.76. The molecule has 1 aliphatic carbocycles. The molecule has 4 heterocycles. The molecule has 4 aliphatic rings. The predicted octanol–water partition coefficient (Wildman–Crippen LogP) is 0.218. The molecule has 3 aliphatic heterocycles. The lowest BCUT2D eigenvalue weighted by Crippen LogP contribution is -2.54. The molecule has 0 aromatic carbocycles. The van der Waals surface area contributed by atoms with E-state index >= 15 is 0 Å². The van der Waals surface area contributed by atoms with E-state index in [0.29, 0.717) is 17.9 Å². The van der Waals surface area contributed by atoms with Crippen molar-refractivity contribution in [2.75, 3.05) is 13.1 Å². The maximum Gasteiger partial charge on any atom is 0.264 e. The molecule has 2 saturated heterocycles. The highest BCUT2D eigenvalue weighted by Crippen LogP contribution is 2.37. The summed E-state index contributed by atoms with van der Waals surface area (Å²) in [5.41, 5.74) is 12.0. The lowest BCUT2D eigenvalue weighted by atomic mass is 9.77. The topological polar surface area (TPSA) is 81.3 Å². The van der Waals surface area contributed by atoms with E-state index in [1.165, 1.54) is 0 Å². The van der Waals surface area contributed by atoms with Crippen molar-refractivity contribution < 1.29 is 4.79 Å². The molecular formula is C18H24N6O. The van der Waals surface area contributed by atoms with E-state index in [1.54, 1.807) is 11.1 Å². The highest BCUT2D eigenvalue weighted by molar-refractivity contribution is 5.89. The third-order valence-electron chi connectivity index (χ3n) is 6.11. The molecule has 5 unspecified atom stereocenters. The minimum atomic E-state index is -0.0556. The van der Waals surface area contributed by atoms with Gasteiger partial charge in [0.2, 0.25) is 0 Å². The second kappa shape index (κ2) is 6.09. The van der Waals surface area contributed by atoms with Gasteiger partial charge in [-0.2, -0.15) is 0 Å². The van der Waals surface area contributed by atoms with Crippen LogP contribution in [0.25, 0.3) is 0 Å². The summed E-state index contributed by atoms with van der Waals surface area (Å²) < 4.78 is 0. The molecule has 0 bridgehead atoms. The Hall–Kier alpha value is -1.96. The Morgan fingerprint density at radius 1 is 1.20 bits per heavy atom. The number of carbonyl (C=O) groups is 1. The van der Waals surface area contributed by atoms with Crippen LogP contribution in [0.3, 0.4) is 0 Å². The van der Waals surface area contributed by atoms with Gasteiger partial charge in [0.1, 0.15) is 6.17 Å². The van der Waals surface area contributed by atoms with Crippen LogP contribution in [-0.2, 0) is 4.79 Å². The first kappa shape index (κ1) is 15.3. The fourth-order valence-electron chi connectivity index (χ4n) is 4.76. The number of amides is 1. The number of hydrogen-bond donors (Lipinski definition) is 4. The average molecular weight is 340 g/mol. The number of carbonyl (C=O) groups excluding carboxylic acids is 1. The second-order valence-corrected chi connectivity index (χ2v) is 7.52. The number of aromatic nitrogens is 1. The highest BCUT2D eigenvalue weighted by Gasteiger charge is 2.43. The van der Waals surface area contributed by atoms with Crippen LogP contribution in [0.5, 0.6) is 0 Å². The number of allylic oxidation sites excluding steroid dienone is 1. The fraction of sp³-hybridized carbons (Fsp3) is 0.556. The van der Waals surface area contributed by atoms with Crippen molar-refractivity contribution in [3.05, 3.63) is 41.9 Å². The standard InChI is InChI=1S/C18H24N6O/c25-17-8-16(11-4-5-14-12(7-11)9-20-23-14)22-18-13(10-21-24(17)18)15-3-1-2-6-19-15/h1-3,6,8,11-14,18,20-23H,4-5,7,9-10H2. The maximum atomic E-state index is 12.6. The minimum absolute atomic E-state index is 0.0556. The van der Waals surface area contributed by atoms with Crippen molar-refractivity contribution in [3.63, 3.8) is 0 Å². The molecule has 7 heteroatoms. The van der Waals surface area contributed by atoms with Gasteiger partial charge in [-0.1, -0.05) is 6.07 Å². The summed E-state index contributed by atoms with van der Waals surface area (Å²) in [4.78, 5) is 17.1. The van der Waals surface area contributed by atoms with Gasteiger partial charge >= 0.3 is 0 Å². The summed E-state index contributed by atoms with van der Waals surface area (Å²) in [7, 11) is 0. The molecule has 1 amide bonds. The van der Waals surface area contributed by atoms with Crippen molar-refractivity contribution in [2.24, 2.45) is 11.8 Å². The van der Waals surface area contributed by atoms with Crippen LogP contribution < -0.4 is 21.6 Å². The minimum Gasteiger partial charge on any atom is -0.366 e. The molecule has 25 heavy (non-hydrogen) atoms. The zero-order valence-corrected chi connectivity index (χ0v) is 14.1. The maximum absolute atomic E-state index is 12.6. The number of rotatable bonds is 2. The van der Waals surface area contributed by atoms with Crippen LogP contribution >= 0.6 is 0 Å². The molecule has 1 aromatic heterocycles. The Bertz CT molecular complexity index is 692. The van der Waals surface area contributed by atoms with Crippen molar-refractivity contribution in [1.29, 1.82) is 0 Å². The van der Waals surface area contributed by atoms with Crippen molar-refractivity contribution in [1.82, 2.24) is 31.6 Å². The number of pyridine rings is 1. The second-order valence-electron chi connectivity index (χ2n) is 7.52. The van der Waals surface area contributed by atoms with E-state index in [9.17, 15) is 4.79 Å². The zero-order valence-electron chi connectivity index (χ0n) is 14.1. The number of fused-ring (bicyclic) bond motifs is 2. The summed E-state index contributed by atoms with van der Waals surface area (Å²) in [6, 6.07) is 6.56. The lowest BCUT2D eigenvalue weighted by Gasteiger charge is -2.38. The van der Waals surface area contributed by atoms with Crippen molar-refractivity contribution in [2.45, 2.75) is 37.4 Å². The van der Waals surface area contributed by atoms with Crippen LogP contribution in [0.2, 0.25) is 0 Å². The predicted molar refractivity (Wildman–Crippen MR) is 92.6 cm³/mol. The van der Waals surface area contributed by atoms with E-state index in [0.717, 1.165) is 43.7 Å². The van der Waals surface area contributed by atoms with Gasteiger partial charge in [0.25, 0.3) is 5.91 Å². The summed E-state index contributed by atoms with van der Waals surface area (Å²) in [5.74, 6) is 1.32. The molecule has 7 nitrogen and oxygen atoms in total. The quantitative estimate of drug-likeness (QED) is 0.617. The Labute approximate surface area is 147 Å². The summed E-state index contributed by atoms with van der Waals surface area (Å²) >= 11 is 0. The van der Waals surface area contributed by atoms with Gasteiger partial charge in [-0.3, -0.25) is 25.6 Å². The van der Waals surface area contributed by atoms with E-state index < -0.39 is 0 Å². The van der Waals surface area contributed by atoms with Crippen LogP contribution in [0, 0.1) is 11.8 Å². The monoisotopic (exact) mass is 340 g/mol. The third-order valence-corrected chi connectivity index (χ3v) is 6.11. The van der Waals surface area contributed by atoms with Gasteiger partial charge in [-0.25, -0.2) is 5.43 Å². The third kappa shape index (κ3) is 2.63. The molecule has 3 fully saturated rings. The molecule has 0 spiro atoms. The van der Waals surface area contributed by atoms with Gasteiger partial charge in [-0.05, 0) is 43.2 Å². The molecular weight excluding hydrogens is 316 g/mol. The zero-order chi connectivity index (χ0) is 16.8.